The summed E-state index contributed by atoms with van der Waals surface area (Å²) >= 11 is 0. The number of carbonyl (C=O) groups excluding carboxylic acids is 1. The van der Waals surface area contributed by atoms with Gasteiger partial charge in [0, 0.05) is 6.42 Å². The van der Waals surface area contributed by atoms with Crippen molar-refractivity contribution in [3.63, 3.8) is 0 Å². The van der Waals surface area contributed by atoms with Crippen LogP contribution in [0.3, 0.4) is 0 Å². The number of ether oxygens (including phenoxy) is 1. The van der Waals surface area contributed by atoms with Gasteiger partial charge in [0.2, 0.25) is 0 Å². The summed E-state index contributed by atoms with van der Waals surface area (Å²) in [7, 11) is 0. The standard InChI is InChI=1S/C7H10O2/c1-3-4-5-7(2)9-6-8/h6-7H,3H2,1-2H3. The molecule has 0 aliphatic rings. The van der Waals surface area contributed by atoms with E-state index in [1.165, 1.54) is 0 Å². The van der Waals surface area contributed by atoms with E-state index in [9.17, 15) is 4.79 Å². The molecule has 0 heterocycles. The van der Waals surface area contributed by atoms with Crippen LogP contribution in [0.1, 0.15) is 20.3 Å². The third-order valence-electron chi connectivity index (χ3n) is 0.742. The molecule has 0 aliphatic carbocycles. The summed E-state index contributed by atoms with van der Waals surface area (Å²) < 4.78 is 4.49. The van der Waals surface area contributed by atoms with Crippen LogP contribution >= 0.6 is 0 Å². The Kier molecular flexibility index (Phi) is 4.61. The minimum absolute atomic E-state index is 0.262. The highest BCUT2D eigenvalue weighted by Gasteiger charge is 1.90. The van der Waals surface area contributed by atoms with Gasteiger partial charge in [0.15, 0.2) is 6.10 Å². The average Bonchev–Trinajstić information content (AvgIpc) is 1.85. The zero-order valence-electron chi connectivity index (χ0n) is 5.68. The molecule has 1 atom stereocenters. The normalized spacial score (nSPS) is 10.9. The molecule has 0 radical (unpaired) electrons. The van der Waals surface area contributed by atoms with E-state index in [-0.39, 0.29) is 6.10 Å². The summed E-state index contributed by atoms with van der Waals surface area (Å²) in [6.45, 7) is 4.09. The van der Waals surface area contributed by atoms with E-state index in [0.717, 1.165) is 6.42 Å². The fourth-order valence-electron chi connectivity index (χ4n) is 0.363. The molecular weight excluding hydrogens is 116 g/mol. The highest BCUT2D eigenvalue weighted by molar-refractivity contribution is 5.38. The van der Waals surface area contributed by atoms with E-state index in [1.54, 1.807) is 6.92 Å². The molecule has 0 fully saturated rings. The zero-order chi connectivity index (χ0) is 7.11. The third-order valence-corrected chi connectivity index (χ3v) is 0.742. The van der Waals surface area contributed by atoms with Gasteiger partial charge in [-0.1, -0.05) is 18.8 Å². The maximum Gasteiger partial charge on any atom is 0.294 e. The van der Waals surface area contributed by atoms with Crippen molar-refractivity contribution >= 4 is 6.47 Å². The molecule has 1 unspecified atom stereocenters. The molecule has 0 N–H and O–H groups in total. The van der Waals surface area contributed by atoms with Gasteiger partial charge in [-0.15, -0.1) is 0 Å². The van der Waals surface area contributed by atoms with Gasteiger partial charge in [-0.05, 0) is 6.92 Å². The van der Waals surface area contributed by atoms with Crippen molar-refractivity contribution in [1.82, 2.24) is 0 Å². The van der Waals surface area contributed by atoms with Crippen LogP contribution in [0.25, 0.3) is 0 Å². The van der Waals surface area contributed by atoms with E-state index < -0.39 is 0 Å². The molecule has 2 heteroatoms. The van der Waals surface area contributed by atoms with Crippen LogP contribution in [0.5, 0.6) is 0 Å². The molecule has 0 saturated heterocycles. The van der Waals surface area contributed by atoms with Crippen molar-refractivity contribution in [3.05, 3.63) is 0 Å². The topological polar surface area (TPSA) is 26.3 Å². The Morgan fingerprint density at radius 1 is 1.78 bits per heavy atom. The van der Waals surface area contributed by atoms with Crippen LogP contribution in [0.15, 0.2) is 0 Å². The second-order valence-electron chi connectivity index (χ2n) is 1.55. The third kappa shape index (κ3) is 4.89. The monoisotopic (exact) mass is 126 g/mol. The molecule has 0 amide bonds. The van der Waals surface area contributed by atoms with Crippen LogP contribution in [-0.4, -0.2) is 12.6 Å². The second kappa shape index (κ2) is 5.17. The molecular formula is C7H10O2. The van der Waals surface area contributed by atoms with Crippen molar-refractivity contribution in [2.75, 3.05) is 0 Å². The van der Waals surface area contributed by atoms with Crippen LogP contribution in [0.2, 0.25) is 0 Å². The van der Waals surface area contributed by atoms with Gasteiger partial charge in [-0.25, -0.2) is 0 Å². The predicted octanol–water partition coefficient (Wildman–Crippen LogP) is 0.961. The average molecular weight is 126 g/mol. The van der Waals surface area contributed by atoms with Gasteiger partial charge < -0.3 is 4.74 Å². The maximum atomic E-state index is 9.69. The van der Waals surface area contributed by atoms with E-state index in [1.807, 2.05) is 6.92 Å². The summed E-state index contributed by atoms with van der Waals surface area (Å²) in [6.07, 6.45) is 0.537. The molecule has 2 nitrogen and oxygen atoms in total. The number of hydrogen-bond acceptors (Lipinski definition) is 2. The molecule has 0 spiro atoms. The quantitative estimate of drug-likeness (QED) is 0.407. The maximum absolute atomic E-state index is 9.69. The first-order chi connectivity index (χ1) is 4.31. The Morgan fingerprint density at radius 3 is 2.89 bits per heavy atom. The molecule has 0 rings (SSSR count). The molecule has 0 aromatic carbocycles. The second-order valence-corrected chi connectivity index (χ2v) is 1.55. The fourth-order valence-corrected chi connectivity index (χ4v) is 0.363. The molecule has 0 saturated carbocycles. The summed E-state index contributed by atoms with van der Waals surface area (Å²) in [5, 5.41) is 0. The Morgan fingerprint density at radius 2 is 2.44 bits per heavy atom. The molecule has 9 heavy (non-hydrogen) atoms. The van der Waals surface area contributed by atoms with Crippen LogP contribution in [-0.2, 0) is 9.53 Å². The number of hydrogen-bond donors (Lipinski definition) is 0. The Bertz CT molecular complexity index is 130. The van der Waals surface area contributed by atoms with Gasteiger partial charge >= 0.3 is 0 Å². The Hall–Kier alpha value is -0.970. The lowest BCUT2D eigenvalue weighted by Crippen LogP contribution is -2.02. The number of rotatable bonds is 2. The van der Waals surface area contributed by atoms with Crippen molar-refractivity contribution in [3.8, 4) is 11.8 Å². The van der Waals surface area contributed by atoms with E-state index in [2.05, 4.69) is 16.6 Å². The van der Waals surface area contributed by atoms with Gasteiger partial charge in [0.1, 0.15) is 0 Å². The molecule has 0 bridgehead atoms. The van der Waals surface area contributed by atoms with Gasteiger partial charge in [-0.3, -0.25) is 4.79 Å². The van der Waals surface area contributed by atoms with E-state index in [4.69, 9.17) is 0 Å². The first-order valence-electron chi connectivity index (χ1n) is 2.88. The SMILES string of the molecule is CCC#CC(C)OC=O. The largest absolute Gasteiger partial charge is 0.452 e. The molecule has 0 aromatic heterocycles. The minimum Gasteiger partial charge on any atom is -0.452 e. The Labute approximate surface area is 55.2 Å². The lowest BCUT2D eigenvalue weighted by Gasteiger charge is -1.96. The number of carbonyl (C=O) groups is 1. The van der Waals surface area contributed by atoms with E-state index in [0.29, 0.717) is 6.47 Å². The van der Waals surface area contributed by atoms with Gasteiger partial charge in [0.05, 0.1) is 0 Å². The van der Waals surface area contributed by atoms with Gasteiger partial charge in [-0.2, -0.15) is 0 Å². The first-order valence-corrected chi connectivity index (χ1v) is 2.88. The van der Waals surface area contributed by atoms with E-state index >= 15 is 0 Å². The van der Waals surface area contributed by atoms with Crippen LogP contribution in [0.4, 0.5) is 0 Å². The van der Waals surface area contributed by atoms with Crippen LogP contribution in [0, 0.1) is 11.8 Å². The summed E-state index contributed by atoms with van der Waals surface area (Å²) in [5.41, 5.74) is 0. The summed E-state index contributed by atoms with van der Waals surface area (Å²) in [4.78, 5) is 9.69. The fraction of sp³-hybridized carbons (Fsp3) is 0.571. The molecule has 0 aromatic rings. The summed E-state index contributed by atoms with van der Waals surface area (Å²) in [5.74, 6) is 5.53. The predicted molar refractivity (Wildman–Crippen MR) is 34.7 cm³/mol. The first kappa shape index (κ1) is 8.03. The van der Waals surface area contributed by atoms with Crippen molar-refractivity contribution in [1.29, 1.82) is 0 Å². The van der Waals surface area contributed by atoms with Crippen molar-refractivity contribution in [2.24, 2.45) is 0 Å². The van der Waals surface area contributed by atoms with Gasteiger partial charge in [0.25, 0.3) is 6.47 Å². The summed E-state index contributed by atoms with van der Waals surface area (Å²) in [6, 6.07) is 0. The lowest BCUT2D eigenvalue weighted by atomic mass is 10.4. The lowest BCUT2D eigenvalue weighted by molar-refractivity contribution is -0.130. The molecule has 50 valence electrons. The van der Waals surface area contributed by atoms with Crippen molar-refractivity contribution < 1.29 is 9.53 Å². The highest BCUT2D eigenvalue weighted by Crippen LogP contribution is 1.83. The zero-order valence-corrected chi connectivity index (χ0v) is 5.68. The Balaban J connectivity index is 3.47. The molecule has 0 aliphatic heterocycles. The van der Waals surface area contributed by atoms with Crippen LogP contribution < -0.4 is 0 Å². The highest BCUT2D eigenvalue weighted by atomic mass is 16.5. The minimum atomic E-state index is -0.262. The smallest absolute Gasteiger partial charge is 0.294 e. The van der Waals surface area contributed by atoms with Crippen molar-refractivity contribution in [2.45, 2.75) is 26.4 Å².